The fourth-order valence-electron chi connectivity index (χ4n) is 3.92. The monoisotopic (exact) mass is 422 g/mol. The molecule has 1 aromatic carbocycles. The molecule has 1 atom stereocenters. The van der Waals surface area contributed by atoms with E-state index in [1.807, 2.05) is 53.6 Å². The zero-order valence-electron chi connectivity index (χ0n) is 16.8. The third kappa shape index (κ3) is 4.79. The summed E-state index contributed by atoms with van der Waals surface area (Å²) in [5.74, 6) is 0.101. The summed E-state index contributed by atoms with van der Waals surface area (Å²) >= 11 is 1.71. The Bertz CT molecular complexity index is 933. The molecule has 3 heterocycles. The number of amides is 2. The second kappa shape index (κ2) is 9.71. The van der Waals surface area contributed by atoms with Crippen LogP contribution in [0, 0.1) is 5.92 Å². The van der Waals surface area contributed by atoms with Crippen LogP contribution in [-0.2, 0) is 16.0 Å². The minimum absolute atomic E-state index is 0.0291. The van der Waals surface area contributed by atoms with Crippen molar-refractivity contribution in [1.82, 2.24) is 20.0 Å². The zero-order valence-corrected chi connectivity index (χ0v) is 17.6. The van der Waals surface area contributed by atoms with E-state index in [-0.39, 0.29) is 17.7 Å². The Morgan fingerprint density at radius 1 is 1.10 bits per heavy atom. The summed E-state index contributed by atoms with van der Waals surface area (Å²) in [5, 5.41) is 9.42. The predicted octanol–water partition coefficient (Wildman–Crippen LogP) is 3.13. The average molecular weight is 423 g/mol. The lowest BCUT2D eigenvalue weighted by molar-refractivity contribution is -0.137. The molecular formula is C23H26N4O2S. The minimum Gasteiger partial charge on any atom is -0.355 e. The van der Waals surface area contributed by atoms with Crippen molar-refractivity contribution in [3.05, 3.63) is 76.7 Å². The second-order valence-electron chi connectivity index (χ2n) is 7.52. The third-order valence-electron chi connectivity index (χ3n) is 5.57. The van der Waals surface area contributed by atoms with Gasteiger partial charge in [0.05, 0.1) is 0 Å². The molecular weight excluding hydrogens is 396 g/mol. The van der Waals surface area contributed by atoms with E-state index in [9.17, 15) is 9.59 Å². The Morgan fingerprint density at radius 3 is 2.57 bits per heavy atom. The summed E-state index contributed by atoms with van der Waals surface area (Å²) in [7, 11) is 0. The molecule has 0 spiro atoms. The highest BCUT2D eigenvalue weighted by molar-refractivity contribution is 7.09. The summed E-state index contributed by atoms with van der Waals surface area (Å²) < 4.78 is 1.71. The Morgan fingerprint density at radius 2 is 1.90 bits per heavy atom. The Labute approximate surface area is 180 Å². The molecule has 2 amide bonds. The number of hydrogen-bond acceptors (Lipinski definition) is 4. The number of benzene rings is 1. The Balaban J connectivity index is 1.33. The van der Waals surface area contributed by atoms with Gasteiger partial charge in [0.25, 0.3) is 5.91 Å². The van der Waals surface area contributed by atoms with Crippen molar-refractivity contribution in [3.63, 3.8) is 0 Å². The van der Waals surface area contributed by atoms with Crippen molar-refractivity contribution in [3.8, 4) is 0 Å². The first-order valence-corrected chi connectivity index (χ1v) is 11.2. The first kappa shape index (κ1) is 20.3. The van der Waals surface area contributed by atoms with E-state index in [0.29, 0.717) is 32.5 Å². The van der Waals surface area contributed by atoms with Crippen molar-refractivity contribution in [1.29, 1.82) is 0 Å². The van der Waals surface area contributed by atoms with Gasteiger partial charge in [-0.15, -0.1) is 11.3 Å². The predicted molar refractivity (Wildman–Crippen MR) is 117 cm³/mol. The maximum atomic E-state index is 13.3. The molecule has 6 nitrogen and oxygen atoms in total. The summed E-state index contributed by atoms with van der Waals surface area (Å²) in [6.07, 6.45) is 5.76. The maximum Gasteiger partial charge on any atom is 0.252 e. The fraction of sp³-hybridized carbons (Fsp3) is 0.348. The topological polar surface area (TPSA) is 67.2 Å². The van der Waals surface area contributed by atoms with E-state index in [4.69, 9.17) is 0 Å². The molecule has 30 heavy (non-hydrogen) atoms. The van der Waals surface area contributed by atoms with Gasteiger partial charge in [-0.05, 0) is 42.3 Å². The third-order valence-corrected chi connectivity index (χ3v) is 6.50. The largest absolute Gasteiger partial charge is 0.355 e. The van der Waals surface area contributed by atoms with Crippen LogP contribution in [-0.4, -0.2) is 46.1 Å². The lowest BCUT2D eigenvalue weighted by Crippen LogP contribution is -2.46. The Hall–Kier alpha value is -2.93. The summed E-state index contributed by atoms with van der Waals surface area (Å²) in [6, 6.07) is 15.2. The molecule has 0 radical (unpaired) electrons. The number of hydrogen-bond donors (Lipinski definition) is 1. The van der Waals surface area contributed by atoms with Crippen molar-refractivity contribution in [2.75, 3.05) is 19.6 Å². The zero-order chi connectivity index (χ0) is 20.8. The van der Waals surface area contributed by atoms with Crippen molar-refractivity contribution >= 4 is 23.2 Å². The molecule has 0 bridgehead atoms. The van der Waals surface area contributed by atoms with Gasteiger partial charge < -0.3 is 10.2 Å². The molecule has 1 fully saturated rings. The molecule has 2 aromatic heterocycles. The number of piperidine rings is 1. The van der Waals surface area contributed by atoms with E-state index in [1.54, 1.807) is 22.2 Å². The molecule has 1 unspecified atom stereocenters. The van der Waals surface area contributed by atoms with Gasteiger partial charge in [0.1, 0.15) is 0 Å². The number of rotatable bonds is 7. The SMILES string of the molecule is O=C(NCCc1cccs1)C1CCN(C(=O)C(c2ccccc2)n2cccn2)CC1. The maximum absolute atomic E-state index is 13.3. The van der Waals surface area contributed by atoms with Crippen molar-refractivity contribution < 1.29 is 9.59 Å². The highest BCUT2D eigenvalue weighted by Crippen LogP contribution is 2.24. The quantitative estimate of drug-likeness (QED) is 0.636. The highest BCUT2D eigenvalue weighted by atomic mass is 32.1. The highest BCUT2D eigenvalue weighted by Gasteiger charge is 2.32. The second-order valence-corrected chi connectivity index (χ2v) is 8.55. The number of nitrogens with zero attached hydrogens (tertiary/aromatic N) is 3. The van der Waals surface area contributed by atoms with Gasteiger partial charge in [-0.1, -0.05) is 36.4 Å². The first-order chi connectivity index (χ1) is 14.7. The van der Waals surface area contributed by atoms with Gasteiger partial charge in [0, 0.05) is 42.8 Å². The molecule has 1 aliphatic rings. The standard InChI is InChI=1S/C23H26N4O2S/c28-22(24-13-9-20-8-4-17-30-20)19-10-15-26(16-11-19)23(29)21(27-14-5-12-25-27)18-6-2-1-3-7-18/h1-8,12,14,17,19,21H,9-11,13,15-16H2,(H,24,28). The van der Waals surface area contributed by atoms with Gasteiger partial charge in [0.15, 0.2) is 6.04 Å². The number of aromatic nitrogens is 2. The van der Waals surface area contributed by atoms with Gasteiger partial charge >= 0.3 is 0 Å². The molecule has 1 aliphatic heterocycles. The number of thiophene rings is 1. The molecule has 7 heteroatoms. The average Bonchev–Trinajstić information content (AvgIpc) is 3.49. The number of carbonyl (C=O) groups is 2. The van der Waals surface area contributed by atoms with Crippen LogP contribution in [0.4, 0.5) is 0 Å². The first-order valence-electron chi connectivity index (χ1n) is 10.4. The smallest absolute Gasteiger partial charge is 0.252 e. The number of carbonyl (C=O) groups excluding carboxylic acids is 2. The molecule has 1 saturated heterocycles. The van der Waals surface area contributed by atoms with Gasteiger partial charge in [-0.25, -0.2) is 0 Å². The molecule has 4 rings (SSSR count). The normalized spacial score (nSPS) is 15.7. The molecule has 1 N–H and O–H groups in total. The lowest BCUT2D eigenvalue weighted by atomic mass is 9.94. The summed E-state index contributed by atoms with van der Waals surface area (Å²) in [5.41, 5.74) is 0.916. The van der Waals surface area contributed by atoms with Crippen LogP contribution >= 0.6 is 11.3 Å². The Kier molecular flexibility index (Phi) is 6.59. The van der Waals surface area contributed by atoms with E-state index in [2.05, 4.69) is 21.9 Å². The molecule has 0 aliphatic carbocycles. The van der Waals surface area contributed by atoms with E-state index in [0.717, 1.165) is 12.0 Å². The van der Waals surface area contributed by atoms with Gasteiger partial charge in [-0.2, -0.15) is 5.10 Å². The van der Waals surface area contributed by atoms with Gasteiger partial charge in [-0.3, -0.25) is 14.3 Å². The lowest BCUT2D eigenvalue weighted by Gasteiger charge is -2.34. The van der Waals surface area contributed by atoms with E-state index >= 15 is 0 Å². The molecule has 0 saturated carbocycles. The van der Waals surface area contributed by atoms with E-state index < -0.39 is 6.04 Å². The number of nitrogens with one attached hydrogen (secondary N) is 1. The summed E-state index contributed by atoms with van der Waals surface area (Å²) in [6.45, 7) is 1.84. The van der Waals surface area contributed by atoms with Crippen LogP contribution < -0.4 is 5.32 Å². The minimum atomic E-state index is -0.475. The van der Waals surface area contributed by atoms with Crippen LogP contribution in [0.15, 0.2) is 66.3 Å². The van der Waals surface area contributed by atoms with Crippen LogP contribution in [0.1, 0.15) is 29.3 Å². The molecule has 156 valence electrons. The van der Waals surface area contributed by atoms with Crippen LogP contribution in [0.25, 0.3) is 0 Å². The number of likely N-dealkylation sites (tertiary alicyclic amines) is 1. The van der Waals surface area contributed by atoms with Crippen LogP contribution in [0.2, 0.25) is 0 Å². The van der Waals surface area contributed by atoms with E-state index in [1.165, 1.54) is 4.88 Å². The van der Waals surface area contributed by atoms with Crippen LogP contribution in [0.5, 0.6) is 0 Å². The van der Waals surface area contributed by atoms with Crippen LogP contribution in [0.3, 0.4) is 0 Å². The summed E-state index contributed by atoms with van der Waals surface area (Å²) in [4.78, 5) is 29.0. The molecule has 3 aromatic rings. The fourth-order valence-corrected chi connectivity index (χ4v) is 4.63. The van der Waals surface area contributed by atoms with Gasteiger partial charge in [0.2, 0.25) is 5.91 Å². The van der Waals surface area contributed by atoms with Crippen molar-refractivity contribution in [2.45, 2.75) is 25.3 Å². The van der Waals surface area contributed by atoms with Crippen molar-refractivity contribution in [2.24, 2.45) is 5.92 Å².